The number of amides is 1. The lowest BCUT2D eigenvalue weighted by molar-refractivity contribution is -0.127. The third kappa shape index (κ3) is 4.56. The van der Waals surface area contributed by atoms with Gasteiger partial charge in [0.25, 0.3) is 5.91 Å². The molecule has 1 aromatic rings. The highest BCUT2D eigenvalue weighted by Gasteiger charge is 2.17. The second kappa shape index (κ2) is 7.14. The molecule has 0 spiro atoms. The first-order chi connectivity index (χ1) is 8.95. The summed E-state index contributed by atoms with van der Waals surface area (Å²) >= 11 is 0. The van der Waals surface area contributed by atoms with Crippen LogP contribution in [0.2, 0.25) is 0 Å². The van der Waals surface area contributed by atoms with Crippen LogP contribution >= 0.6 is 0 Å². The Balaban J connectivity index is 2.83. The van der Waals surface area contributed by atoms with Crippen molar-refractivity contribution in [3.63, 3.8) is 0 Å². The maximum atomic E-state index is 11.9. The van der Waals surface area contributed by atoms with Crippen LogP contribution < -0.4 is 15.4 Å². The number of benzene rings is 1. The summed E-state index contributed by atoms with van der Waals surface area (Å²) in [6.07, 6.45) is -0.501. The van der Waals surface area contributed by atoms with E-state index in [1.807, 2.05) is 46.0 Å². The third-order valence-corrected chi connectivity index (χ3v) is 2.76. The van der Waals surface area contributed by atoms with Gasteiger partial charge in [-0.25, -0.2) is 0 Å². The van der Waals surface area contributed by atoms with Gasteiger partial charge in [0.2, 0.25) is 0 Å². The zero-order chi connectivity index (χ0) is 14.4. The van der Waals surface area contributed by atoms with E-state index in [9.17, 15) is 4.79 Å². The van der Waals surface area contributed by atoms with Crippen LogP contribution in [0, 0.1) is 6.92 Å². The van der Waals surface area contributed by atoms with Gasteiger partial charge in [0.05, 0.1) is 0 Å². The van der Waals surface area contributed by atoms with E-state index >= 15 is 0 Å². The minimum Gasteiger partial charge on any atom is -0.480 e. The van der Waals surface area contributed by atoms with E-state index in [0.29, 0.717) is 0 Å². The summed E-state index contributed by atoms with van der Waals surface area (Å²) in [6, 6.07) is 6.11. The molecule has 1 amide bonds. The summed E-state index contributed by atoms with van der Waals surface area (Å²) in [5.41, 5.74) is 2.10. The molecule has 0 aliphatic carbocycles. The van der Waals surface area contributed by atoms with E-state index in [1.54, 1.807) is 6.92 Å². The minimum atomic E-state index is -0.501. The summed E-state index contributed by atoms with van der Waals surface area (Å²) in [6.45, 7) is 8.35. The molecule has 4 nitrogen and oxygen atoms in total. The Morgan fingerprint density at radius 1 is 1.32 bits per heavy atom. The van der Waals surface area contributed by atoms with Crippen LogP contribution in [0.4, 0.5) is 0 Å². The van der Waals surface area contributed by atoms with Crippen LogP contribution in [-0.4, -0.2) is 25.1 Å². The van der Waals surface area contributed by atoms with Gasteiger partial charge in [-0.15, -0.1) is 0 Å². The molecule has 0 heterocycles. The van der Waals surface area contributed by atoms with Crippen LogP contribution in [0.15, 0.2) is 18.2 Å². The Kier molecular flexibility index (Phi) is 5.83. The molecule has 0 aromatic heterocycles. The summed E-state index contributed by atoms with van der Waals surface area (Å²) in [7, 11) is 1.89. The van der Waals surface area contributed by atoms with Crippen LogP contribution in [-0.2, 0) is 11.3 Å². The van der Waals surface area contributed by atoms with Crippen molar-refractivity contribution in [2.45, 2.75) is 46.4 Å². The first kappa shape index (κ1) is 15.5. The third-order valence-electron chi connectivity index (χ3n) is 2.76. The van der Waals surface area contributed by atoms with E-state index in [2.05, 4.69) is 10.6 Å². The summed E-state index contributed by atoms with van der Waals surface area (Å²) in [5, 5.41) is 5.96. The molecule has 0 aliphatic heterocycles. The average Bonchev–Trinajstić information content (AvgIpc) is 2.32. The fourth-order valence-electron chi connectivity index (χ4n) is 1.84. The molecule has 0 saturated heterocycles. The monoisotopic (exact) mass is 264 g/mol. The van der Waals surface area contributed by atoms with Crippen molar-refractivity contribution in [3.05, 3.63) is 29.3 Å². The van der Waals surface area contributed by atoms with Gasteiger partial charge >= 0.3 is 0 Å². The predicted molar refractivity (Wildman–Crippen MR) is 77.3 cm³/mol. The highest BCUT2D eigenvalue weighted by molar-refractivity contribution is 5.81. The van der Waals surface area contributed by atoms with Crippen molar-refractivity contribution in [2.75, 3.05) is 7.05 Å². The van der Waals surface area contributed by atoms with Gasteiger partial charge in [0.15, 0.2) is 6.10 Å². The quantitative estimate of drug-likeness (QED) is 0.826. The molecular formula is C15H24N2O2. The van der Waals surface area contributed by atoms with Gasteiger partial charge in [-0.2, -0.15) is 0 Å². The number of rotatable bonds is 6. The number of hydrogen-bond donors (Lipinski definition) is 2. The lowest BCUT2D eigenvalue weighted by Crippen LogP contribution is -2.40. The molecule has 1 rings (SSSR count). The Labute approximate surface area is 115 Å². The zero-order valence-electron chi connectivity index (χ0n) is 12.4. The summed E-state index contributed by atoms with van der Waals surface area (Å²) in [4.78, 5) is 11.9. The molecule has 2 N–H and O–H groups in total. The van der Waals surface area contributed by atoms with Crippen molar-refractivity contribution < 1.29 is 9.53 Å². The molecule has 0 saturated carbocycles. The Morgan fingerprint density at radius 3 is 2.58 bits per heavy atom. The van der Waals surface area contributed by atoms with Crippen LogP contribution in [0.3, 0.4) is 0 Å². The highest BCUT2D eigenvalue weighted by atomic mass is 16.5. The van der Waals surface area contributed by atoms with E-state index in [0.717, 1.165) is 23.4 Å². The van der Waals surface area contributed by atoms with E-state index in [4.69, 9.17) is 4.74 Å². The Hall–Kier alpha value is -1.55. The van der Waals surface area contributed by atoms with Crippen molar-refractivity contribution >= 4 is 5.91 Å². The second-order valence-electron chi connectivity index (χ2n) is 5.02. The molecule has 0 fully saturated rings. The van der Waals surface area contributed by atoms with Crippen LogP contribution in [0.5, 0.6) is 5.75 Å². The van der Waals surface area contributed by atoms with E-state index < -0.39 is 6.10 Å². The predicted octanol–water partition coefficient (Wildman–Crippen LogP) is 2.01. The first-order valence-electron chi connectivity index (χ1n) is 6.65. The number of carbonyl (C=O) groups excluding carboxylic acids is 1. The molecular weight excluding hydrogens is 240 g/mol. The SMILES string of the molecule is CNCc1cccc(C)c1OC(C)C(=O)NC(C)C. The molecule has 19 heavy (non-hydrogen) atoms. The number of carbonyl (C=O) groups is 1. The Bertz CT molecular complexity index is 430. The van der Waals surface area contributed by atoms with Gasteiger partial charge in [-0.05, 0) is 40.3 Å². The lowest BCUT2D eigenvalue weighted by Gasteiger charge is -2.20. The average molecular weight is 264 g/mol. The molecule has 0 bridgehead atoms. The normalized spacial score (nSPS) is 12.3. The largest absolute Gasteiger partial charge is 0.480 e. The molecule has 1 unspecified atom stereocenters. The maximum absolute atomic E-state index is 11.9. The van der Waals surface area contributed by atoms with E-state index in [-0.39, 0.29) is 11.9 Å². The molecule has 4 heteroatoms. The minimum absolute atomic E-state index is 0.0892. The van der Waals surface area contributed by atoms with Crippen molar-refractivity contribution in [1.82, 2.24) is 10.6 Å². The fourth-order valence-corrected chi connectivity index (χ4v) is 1.84. The highest BCUT2D eigenvalue weighted by Crippen LogP contribution is 2.24. The van der Waals surface area contributed by atoms with Gasteiger partial charge < -0.3 is 15.4 Å². The standard InChI is InChI=1S/C15H24N2O2/c1-10(2)17-15(18)12(4)19-14-11(3)7-6-8-13(14)9-16-5/h6-8,10,12,16H,9H2,1-5H3,(H,17,18). The maximum Gasteiger partial charge on any atom is 0.260 e. The number of hydrogen-bond acceptors (Lipinski definition) is 3. The van der Waals surface area contributed by atoms with Gasteiger partial charge in [-0.3, -0.25) is 4.79 Å². The van der Waals surface area contributed by atoms with Crippen molar-refractivity contribution in [3.8, 4) is 5.75 Å². The van der Waals surface area contributed by atoms with Gasteiger partial charge in [-0.1, -0.05) is 18.2 Å². The van der Waals surface area contributed by atoms with Crippen molar-refractivity contribution in [2.24, 2.45) is 0 Å². The number of aryl methyl sites for hydroxylation is 1. The fraction of sp³-hybridized carbons (Fsp3) is 0.533. The summed E-state index contributed by atoms with van der Waals surface area (Å²) < 4.78 is 5.84. The Morgan fingerprint density at radius 2 is 2.00 bits per heavy atom. The zero-order valence-corrected chi connectivity index (χ0v) is 12.4. The van der Waals surface area contributed by atoms with Crippen LogP contribution in [0.25, 0.3) is 0 Å². The summed E-state index contributed by atoms with van der Waals surface area (Å²) in [5.74, 6) is 0.705. The molecule has 1 atom stereocenters. The van der Waals surface area contributed by atoms with Crippen LogP contribution in [0.1, 0.15) is 31.9 Å². The molecule has 106 valence electrons. The van der Waals surface area contributed by atoms with E-state index in [1.165, 1.54) is 0 Å². The lowest BCUT2D eigenvalue weighted by atomic mass is 10.1. The molecule has 0 aliphatic rings. The molecule has 1 aromatic carbocycles. The van der Waals surface area contributed by atoms with Crippen molar-refractivity contribution in [1.29, 1.82) is 0 Å². The van der Waals surface area contributed by atoms with Gasteiger partial charge in [0, 0.05) is 18.2 Å². The smallest absolute Gasteiger partial charge is 0.260 e. The number of para-hydroxylation sites is 1. The number of nitrogens with one attached hydrogen (secondary N) is 2. The second-order valence-corrected chi connectivity index (χ2v) is 5.02. The topological polar surface area (TPSA) is 50.4 Å². The molecule has 0 radical (unpaired) electrons. The van der Waals surface area contributed by atoms with Gasteiger partial charge in [0.1, 0.15) is 5.75 Å². The first-order valence-corrected chi connectivity index (χ1v) is 6.65. The number of ether oxygens (including phenoxy) is 1.